The third-order valence-electron chi connectivity index (χ3n) is 7.71. The van der Waals surface area contributed by atoms with Crippen molar-refractivity contribution in [2.45, 2.75) is 90.1 Å². The molecule has 2 rings (SSSR count). The Morgan fingerprint density at radius 3 is 2.12 bits per heavy atom. The summed E-state index contributed by atoms with van der Waals surface area (Å²) in [6.07, 6.45) is 4.62. The SMILES string of the molecule is CC(C)(C)[Si](C)(C)OCCC(CO[Si](C)(C)C(C)(C)C)c1cc(F)c(C=O)c2ccncc12. The van der Waals surface area contributed by atoms with E-state index in [2.05, 4.69) is 72.7 Å². The number of hydrogen-bond donors (Lipinski definition) is 0. The number of pyridine rings is 1. The molecule has 0 saturated carbocycles. The Bertz CT molecular complexity index is 978. The summed E-state index contributed by atoms with van der Waals surface area (Å²) in [5, 5.41) is 1.59. The molecule has 0 spiro atoms. The van der Waals surface area contributed by atoms with Gasteiger partial charge in [-0.2, -0.15) is 0 Å². The van der Waals surface area contributed by atoms with Gasteiger partial charge in [0.25, 0.3) is 0 Å². The summed E-state index contributed by atoms with van der Waals surface area (Å²) in [5.41, 5.74) is 0.913. The molecule has 1 aromatic heterocycles. The average molecular weight is 492 g/mol. The molecule has 0 saturated heterocycles. The summed E-state index contributed by atoms with van der Waals surface area (Å²) in [6.45, 7) is 23.3. The third-order valence-corrected chi connectivity index (χ3v) is 16.7. The number of nitrogens with zero attached hydrogens (tertiary/aromatic N) is 1. The van der Waals surface area contributed by atoms with E-state index in [1.807, 2.05) is 0 Å². The molecule has 2 aromatic rings. The van der Waals surface area contributed by atoms with Crippen LogP contribution >= 0.6 is 0 Å². The van der Waals surface area contributed by atoms with Crippen LogP contribution in [0.25, 0.3) is 10.8 Å². The number of fused-ring (bicyclic) bond motifs is 1. The Kier molecular flexibility index (Phi) is 8.48. The first-order valence-electron chi connectivity index (χ1n) is 11.8. The number of rotatable bonds is 9. The number of aldehydes is 1. The number of benzene rings is 1. The second-order valence-corrected chi connectivity index (χ2v) is 21.7. The predicted octanol–water partition coefficient (Wildman–Crippen LogP) is 7.70. The maximum Gasteiger partial charge on any atom is 0.192 e. The Balaban J connectivity index is 2.44. The molecule has 0 amide bonds. The zero-order chi connectivity index (χ0) is 25.2. The van der Waals surface area contributed by atoms with Crippen LogP contribution in [-0.2, 0) is 8.85 Å². The monoisotopic (exact) mass is 491 g/mol. The first-order valence-corrected chi connectivity index (χ1v) is 17.6. The molecule has 0 fully saturated rings. The zero-order valence-corrected chi connectivity index (χ0v) is 24.1. The number of carbonyl (C=O) groups is 1. The minimum absolute atomic E-state index is 0.0641. The second kappa shape index (κ2) is 10.1. The molecule has 0 aliphatic heterocycles. The molecule has 0 aliphatic carbocycles. The van der Waals surface area contributed by atoms with E-state index in [4.69, 9.17) is 8.85 Å². The fourth-order valence-corrected chi connectivity index (χ4v) is 5.38. The molecule has 4 nitrogen and oxygen atoms in total. The Hall–Kier alpha value is -1.42. The number of hydrogen-bond acceptors (Lipinski definition) is 4. The maximum atomic E-state index is 15.0. The van der Waals surface area contributed by atoms with Crippen LogP contribution in [0.1, 0.15) is 69.8 Å². The molecule has 0 N–H and O–H groups in total. The van der Waals surface area contributed by atoms with Crippen LogP contribution in [0.2, 0.25) is 36.3 Å². The van der Waals surface area contributed by atoms with E-state index < -0.39 is 22.5 Å². The molecule has 33 heavy (non-hydrogen) atoms. The fourth-order valence-electron chi connectivity index (χ4n) is 3.26. The Morgan fingerprint density at radius 2 is 1.58 bits per heavy atom. The van der Waals surface area contributed by atoms with Gasteiger partial charge < -0.3 is 8.85 Å². The van der Waals surface area contributed by atoms with E-state index in [9.17, 15) is 9.18 Å². The van der Waals surface area contributed by atoms with E-state index in [1.165, 1.54) is 6.07 Å². The summed E-state index contributed by atoms with van der Waals surface area (Å²) in [7, 11) is -3.91. The molecule has 0 bridgehead atoms. The minimum atomic E-state index is -2.00. The largest absolute Gasteiger partial charge is 0.417 e. The summed E-state index contributed by atoms with van der Waals surface area (Å²) in [6, 6.07) is 3.21. The van der Waals surface area contributed by atoms with Gasteiger partial charge in [-0.1, -0.05) is 41.5 Å². The van der Waals surface area contributed by atoms with Crippen molar-refractivity contribution in [3.05, 3.63) is 41.5 Å². The van der Waals surface area contributed by atoms with Crippen molar-refractivity contribution in [2.24, 2.45) is 0 Å². The van der Waals surface area contributed by atoms with Gasteiger partial charge >= 0.3 is 0 Å². The van der Waals surface area contributed by atoms with Crippen LogP contribution in [-0.4, -0.2) is 41.1 Å². The van der Waals surface area contributed by atoms with Crippen molar-refractivity contribution < 1.29 is 18.0 Å². The number of halogens is 1. The van der Waals surface area contributed by atoms with Gasteiger partial charge in [-0.05, 0) is 65.8 Å². The smallest absolute Gasteiger partial charge is 0.192 e. The minimum Gasteiger partial charge on any atom is -0.417 e. The predicted molar refractivity (Wildman–Crippen MR) is 141 cm³/mol. The lowest BCUT2D eigenvalue weighted by atomic mass is 9.90. The van der Waals surface area contributed by atoms with Crippen LogP contribution in [0.3, 0.4) is 0 Å². The molecule has 1 unspecified atom stereocenters. The molecule has 1 heterocycles. The van der Waals surface area contributed by atoms with Crippen molar-refractivity contribution in [3.8, 4) is 0 Å². The lowest BCUT2D eigenvalue weighted by Crippen LogP contribution is -2.42. The average Bonchev–Trinajstić information content (AvgIpc) is 2.68. The van der Waals surface area contributed by atoms with Crippen molar-refractivity contribution in [2.75, 3.05) is 13.2 Å². The third kappa shape index (κ3) is 6.38. The van der Waals surface area contributed by atoms with E-state index in [0.29, 0.717) is 31.3 Å². The zero-order valence-electron chi connectivity index (χ0n) is 22.1. The molecule has 0 aliphatic rings. The van der Waals surface area contributed by atoms with Crippen molar-refractivity contribution in [1.29, 1.82) is 0 Å². The van der Waals surface area contributed by atoms with Gasteiger partial charge in [0.2, 0.25) is 0 Å². The van der Waals surface area contributed by atoms with Crippen LogP contribution in [0.4, 0.5) is 4.39 Å². The van der Waals surface area contributed by atoms with E-state index in [-0.39, 0.29) is 21.6 Å². The van der Waals surface area contributed by atoms with Gasteiger partial charge in [-0.15, -0.1) is 0 Å². The lowest BCUT2D eigenvalue weighted by Gasteiger charge is -2.38. The van der Waals surface area contributed by atoms with E-state index in [1.54, 1.807) is 18.5 Å². The summed E-state index contributed by atoms with van der Waals surface area (Å²) < 4.78 is 28.0. The molecule has 7 heteroatoms. The van der Waals surface area contributed by atoms with Gasteiger partial charge in [-0.3, -0.25) is 9.78 Å². The molecule has 1 atom stereocenters. The van der Waals surface area contributed by atoms with E-state index >= 15 is 0 Å². The van der Waals surface area contributed by atoms with Gasteiger partial charge in [0, 0.05) is 36.9 Å². The number of carbonyl (C=O) groups excluding carboxylic acids is 1. The first kappa shape index (κ1) is 27.8. The maximum absolute atomic E-state index is 15.0. The van der Waals surface area contributed by atoms with Crippen LogP contribution in [0.15, 0.2) is 24.5 Å². The summed E-state index contributed by atoms with van der Waals surface area (Å²) in [4.78, 5) is 15.8. The molecular weight excluding hydrogens is 449 g/mol. The topological polar surface area (TPSA) is 48.4 Å². The summed E-state index contributed by atoms with van der Waals surface area (Å²) in [5.74, 6) is -0.563. The Morgan fingerprint density at radius 1 is 1.00 bits per heavy atom. The highest BCUT2D eigenvalue weighted by atomic mass is 28.4. The van der Waals surface area contributed by atoms with Crippen LogP contribution < -0.4 is 0 Å². The van der Waals surface area contributed by atoms with Gasteiger partial charge in [0.05, 0.1) is 5.56 Å². The highest BCUT2D eigenvalue weighted by molar-refractivity contribution is 6.74. The molecule has 0 radical (unpaired) electrons. The lowest BCUT2D eigenvalue weighted by molar-refractivity contribution is 0.112. The standard InChI is InChI=1S/C26H42FNO3Si2/c1-25(2,3)32(7,8)30-14-12-19(18-31-33(9,10)26(4,5)6)21-15-24(27)23(17-29)20-11-13-28-16-22(20)21/h11,13,15-17,19H,12,14,18H2,1-10H3. The molecule has 184 valence electrons. The van der Waals surface area contributed by atoms with E-state index in [0.717, 1.165) is 10.9 Å². The van der Waals surface area contributed by atoms with Crippen molar-refractivity contribution >= 4 is 33.7 Å². The van der Waals surface area contributed by atoms with Crippen LogP contribution in [0, 0.1) is 5.82 Å². The molecule has 1 aromatic carbocycles. The molecular formula is C26H42FNO3Si2. The van der Waals surface area contributed by atoms with Crippen LogP contribution in [0.5, 0.6) is 0 Å². The van der Waals surface area contributed by atoms with Crippen molar-refractivity contribution in [1.82, 2.24) is 4.98 Å². The highest BCUT2D eigenvalue weighted by Crippen LogP contribution is 2.40. The Labute approximate surface area is 201 Å². The number of aromatic nitrogens is 1. The van der Waals surface area contributed by atoms with Gasteiger partial charge in [0.15, 0.2) is 22.9 Å². The summed E-state index contributed by atoms with van der Waals surface area (Å²) >= 11 is 0. The van der Waals surface area contributed by atoms with Gasteiger partial charge in [-0.25, -0.2) is 4.39 Å². The second-order valence-electron chi connectivity index (χ2n) is 12.1. The normalized spacial score (nSPS) is 14.5. The van der Waals surface area contributed by atoms with Crippen molar-refractivity contribution in [3.63, 3.8) is 0 Å². The quantitative estimate of drug-likeness (QED) is 0.266. The first-order chi connectivity index (χ1) is 15.0. The fraction of sp³-hybridized carbons (Fsp3) is 0.615. The highest BCUT2D eigenvalue weighted by Gasteiger charge is 2.39. The van der Waals surface area contributed by atoms with Gasteiger partial charge in [0.1, 0.15) is 5.82 Å².